The Morgan fingerprint density at radius 1 is 1.33 bits per heavy atom. The summed E-state index contributed by atoms with van der Waals surface area (Å²) in [7, 11) is 1.52. The van der Waals surface area contributed by atoms with Gasteiger partial charge in [-0.3, -0.25) is 10.7 Å². The van der Waals surface area contributed by atoms with Crippen molar-refractivity contribution >= 4 is 23.4 Å². The van der Waals surface area contributed by atoms with Crippen molar-refractivity contribution in [2.24, 2.45) is 0 Å². The maximum atomic E-state index is 13.2. The zero-order chi connectivity index (χ0) is 22.3. The lowest BCUT2D eigenvalue weighted by atomic mass is 9.92. The number of nitrogens with zero attached hydrogens (tertiary/aromatic N) is 1. The molecule has 0 aliphatic heterocycles. The lowest BCUT2D eigenvalue weighted by molar-refractivity contribution is 0.0415. The van der Waals surface area contributed by atoms with E-state index in [4.69, 9.17) is 20.6 Å². The van der Waals surface area contributed by atoms with E-state index < -0.39 is 23.5 Å². The number of ether oxygens (including phenoxy) is 2. The number of amides is 2. The number of urea groups is 1. The van der Waals surface area contributed by atoms with E-state index in [2.05, 4.69) is 15.6 Å². The molecule has 2 amide bonds. The number of halogens is 1. The average Bonchev–Trinajstić information content (AvgIpc) is 2.66. The van der Waals surface area contributed by atoms with Crippen LogP contribution in [0, 0.1) is 11.2 Å². The van der Waals surface area contributed by atoms with Gasteiger partial charge in [-0.15, -0.1) is 0 Å². The highest BCUT2D eigenvalue weighted by Gasteiger charge is 2.30. The summed E-state index contributed by atoms with van der Waals surface area (Å²) in [5, 5.41) is 23.5. The lowest BCUT2D eigenvalue weighted by Gasteiger charge is -2.30. The highest BCUT2D eigenvalue weighted by molar-refractivity contribution is 5.97. The fourth-order valence-electron chi connectivity index (χ4n) is 2.64. The van der Waals surface area contributed by atoms with Crippen LogP contribution in [0.3, 0.4) is 0 Å². The Balaban J connectivity index is 2.08. The van der Waals surface area contributed by atoms with Crippen molar-refractivity contribution in [3.05, 3.63) is 53.5 Å². The minimum atomic E-state index is -1.32. The number of aromatic nitrogens is 1. The molecule has 6 N–H and O–H groups in total. The van der Waals surface area contributed by atoms with Gasteiger partial charge < -0.3 is 25.6 Å². The van der Waals surface area contributed by atoms with Crippen LogP contribution in [0.25, 0.3) is 0 Å². The summed E-state index contributed by atoms with van der Waals surface area (Å²) in [5.74, 6) is -0.437. The Morgan fingerprint density at radius 3 is 2.57 bits per heavy atom. The second-order valence-electron chi connectivity index (χ2n) is 7.06. The van der Waals surface area contributed by atoms with Crippen molar-refractivity contribution in [3.63, 3.8) is 0 Å². The number of rotatable bonds is 8. The number of benzene rings is 1. The molecule has 1 heterocycles. The maximum Gasteiger partial charge on any atom is 0.320 e. The van der Waals surface area contributed by atoms with Gasteiger partial charge in [0, 0.05) is 25.1 Å². The van der Waals surface area contributed by atoms with Crippen LogP contribution in [-0.4, -0.2) is 47.9 Å². The lowest BCUT2D eigenvalue weighted by Crippen LogP contribution is -2.44. The molecule has 0 aliphatic carbocycles. The number of aliphatic hydroxyl groups is 1. The van der Waals surface area contributed by atoms with Crippen molar-refractivity contribution in [3.8, 4) is 0 Å². The number of carbonyl (C=O) groups excluding carboxylic acids is 1. The minimum Gasteiger partial charge on any atom is -0.475 e. The molecule has 0 unspecified atom stereocenters. The van der Waals surface area contributed by atoms with Crippen molar-refractivity contribution in [1.29, 1.82) is 5.41 Å². The second-order valence-corrected chi connectivity index (χ2v) is 7.06. The molecule has 2 aromatic rings. The van der Waals surface area contributed by atoms with Crippen molar-refractivity contribution in [1.82, 2.24) is 10.3 Å². The van der Waals surface area contributed by atoms with Gasteiger partial charge in [-0.1, -0.05) is 12.1 Å². The number of carbonyl (C=O) groups is 1. The summed E-state index contributed by atoms with van der Waals surface area (Å²) in [4.78, 5) is 16.5. The molecule has 0 saturated carbocycles. The van der Waals surface area contributed by atoms with E-state index in [9.17, 15) is 14.3 Å². The van der Waals surface area contributed by atoms with Crippen LogP contribution >= 0.6 is 0 Å². The van der Waals surface area contributed by atoms with Crippen LogP contribution in [0.15, 0.2) is 36.5 Å². The molecule has 0 saturated heterocycles. The van der Waals surface area contributed by atoms with Gasteiger partial charge in [0.25, 0.3) is 0 Å². The second kappa shape index (κ2) is 9.99. The van der Waals surface area contributed by atoms with E-state index in [1.54, 1.807) is 0 Å². The SMILES string of the molecule is COCCOC(=N)c1cnc(NC(=O)N[C@@H](c2ccc(F)cc2)C(C)(C)O)cc1N. The summed E-state index contributed by atoms with van der Waals surface area (Å²) >= 11 is 0. The van der Waals surface area contributed by atoms with Gasteiger partial charge in [-0.25, -0.2) is 14.2 Å². The summed E-state index contributed by atoms with van der Waals surface area (Å²) in [6.07, 6.45) is 1.31. The van der Waals surface area contributed by atoms with E-state index in [1.807, 2.05) is 0 Å². The predicted octanol–water partition coefficient (Wildman–Crippen LogP) is 2.42. The molecule has 0 bridgehead atoms. The number of nitrogens with one attached hydrogen (secondary N) is 3. The van der Waals surface area contributed by atoms with E-state index in [1.165, 1.54) is 57.5 Å². The third-order valence-corrected chi connectivity index (χ3v) is 4.14. The number of pyridine rings is 1. The fourth-order valence-corrected chi connectivity index (χ4v) is 2.64. The van der Waals surface area contributed by atoms with Crippen LogP contribution in [0.5, 0.6) is 0 Å². The van der Waals surface area contributed by atoms with Crippen molar-refractivity contribution in [2.75, 3.05) is 31.4 Å². The van der Waals surface area contributed by atoms with Gasteiger partial charge in [0.2, 0.25) is 5.90 Å². The zero-order valence-corrected chi connectivity index (χ0v) is 17.0. The molecule has 0 radical (unpaired) electrons. The van der Waals surface area contributed by atoms with Crippen LogP contribution in [0.4, 0.5) is 20.7 Å². The first-order chi connectivity index (χ1) is 14.1. The van der Waals surface area contributed by atoms with Crippen LogP contribution in [0.2, 0.25) is 0 Å². The zero-order valence-electron chi connectivity index (χ0n) is 17.0. The van der Waals surface area contributed by atoms with E-state index in [0.717, 1.165) is 0 Å². The first-order valence-corrected chi connectivity index (χ1v) is 9.13. The summed E-state index contributed by atoms with van der Waals surface area (Å²) < 4.78 is 23.3. The molecule has 1 atom stereocenters. The van der Waals surface area contributed by atoms with E-state index in [0.29, 0.717) is 12.2 Å². The molecule has 10 heteroatoms. The van der Waals surface area contributed by atoms with Crippen molar-refractivity contribution < 1.29 is 23.8 Å². The number of hydrogen-bond donors (Lipinski definition) is 5. The average molecular weight is 419 g/mol. The number of anilines is 2. The van der Waals surface area contributed by atoms with Gasteiger partial charge in [0.05, 0.1) is 23.8 Å². The Hall–Kier alpha value is -3.24. The van der Waals surface area contributed by atoms with Gasteiger partial charge in [0.15, 0.2) is 0 Å². The number of nitrogen functional groups attached to an aromatic ring is 1. The van der Waals surface area contributed by atoms with E-state index in [-0.39, 0.29) is 29.6 Å². The maximum absolute atomic E-state index is 13.2. The molecule has 0 fully saturated rings. The molecule has 162 valence electrons. The van der Waals surface area contributed by atoms with E-state index >= 15 is 0 Å². The smallest absolute Gasteiger partial charge is 0.320 e. The van der Waals surface area contributed by atoms with Crippen LogP contribution in [-0.2, 0) is 9.47 Å². The number of hydrogen-bond acceptors (Lipinski definition) is 7. The molecule has 0 aliphatic rings. The molecule has 1 aromatic carbocycles. The molecular weight excluding hydrogens is 393 g/mol. The molecular formula is C20H26FN5O4. The molecule has 2 rings (SSSR count). The van der Waals surface area contributed by atoms with Gasteiger partial charge in [0.1, 0.15) is 18.2 Å². The van der Waals surface area contributed by atoms with Crippen LogP contribution < -0.4 is 16.4 Å². The Morgan fingerprint density at radius 2 is 2.00 bits per heavy atom. The Kier molecular flexibility index (Phi) is 7.67. The predicted molar refractivity (Wildman–Crippen MR) is 111 cm³/mol. The third kappa shape index (κ3) is 6.39. The van der Waals surface area contributed by atoms with Crippen LogP contribution in [0.1, 0.15) is 31.0 Å². The number of nitrogens with two attached hydrogens (primary N) is 1. The van der Waals surface area contributed by atoms with Crippen molar-refractivity contribution in [2.45, 2.75) is 25.5 Å². The topological polar surface area (TPSA) is 143 Å². The largest absolute Gasteiger partial charge is 0.475 e. The van der Waals surface area contributed by atoms with Gasteiger partial charge in [-0.05, 0) is 31.5 Å². The normalized spacial score (nSPS) is 12.2. The minimum absolute atomic E-state index is 0.145. The highest BCUT2D eigenvalue weighted by atomic mass is 19.1. The summed E-state index contributed by atoms with van der Waals surface area (Å²) in [6, 6.07) is 5.41. The first kappa shape index (κ1) is 23.0. The molecule has 30 heavy (non-hydrogen) atoms. The molecule has 1 aromatic heterocycles. The fraction of sp³-hybridized carbons (Fsp3) is 0.350. The van der Waals surface area contributed by atoms with Gasteiger partial charge in [-0.2, -0.15) is 0 Å². The number of methoxy groups -OCH3 is 1. The monoisotopic (exact) mass is 419 g/mol. The van der Waals surface area contributed by atoms with Gasteiger partial charge >= 0.3 is 6.03 Å². The first-order valence-electron chi connectivity index (χ1n) is 9.13. The molecule has 9 nitrogen and oxygen atoms in total. The standard InChI is InChI=1S/C20H26FN5O4/c1-20(2,28)17(12-4-6-13(21)7-5-12)26-19(27)25-16-10-15(22)14(11-24-16)18(23)30-9-8-29-3/h4-7,10-11,17,23,28H,8-9H2,1-3H3,(H4,22,24,25,26,27)/t17-/m0/s1. The Labute approximate surface area is 173 Å². The molecule has 0 spiro atoms. The third-order valence-electron chi connectivity index (χ3n) is 4.14. The summed E-state index contributed by atoms with van der Waals surface area (Å²) in [5.41, 5.74) is 5.62. The Bertz CT molecular complexity index is 884. The quantitative estimate of drug-likeness (QED) is 0.253. The highest BCUT2D eigenvalue weighted by Crippen LogP contribution is 2.26. The summed E-state index contributed by atoms with van der Waals surface area (Å²) in [6.45, 7) is 3.58.